The number of benzene rings is 3. The predicted octanol–water partition coefficient (Wildman–Crippen LogP) is 5.27. The summed E-state index contributed by atoms with van der Waals surface area (Å²) in [5.41, 5.74) is 8.73. The van der Waals surface area contributed by atoms with Crippen molar-refractivity contribution in [1.82, 2.24) is 0 Å². The van der Waals surface area contributed by atoms with Crippen LogP contribution in [0.1, 0.15) is 38.2 Å². The Bertz CT molecular complexity index is 1020. The third kappa shape index (κ3) is 3.67. The van der Waals surface area contributed by atoms with Crippen molar-refractivity contribution >= 4 is 23.6 Å². The lowest BCUT2D eigenvalue weighted by molar-refractivity contribution is 0.0697. The Hall–Kier alpha value is -3.40. The number of aromatic carboxylic acids is 1. The highest BCUT2D eigenvalue weighted by Gasteiger charge is 2.19. The van der Waals surface area contributed by atoms with Gasteiger partial charge in [0.05, 0.1) is 11.3 Å². The SMILES string of the molecule is Cc1cc2c(cc1C)CN(c1ccc(N=Cc3ccc(C(=O)O)cc3)cc1)C2. The van der Waals surface area contributed by atoms with Crippen molar-refractivity contribution in [2.45, 2.75) is 26.9 Å². The van der Waals surface area contributed by atoms with Gasteiger partial charge in [0, 0.05) is 25.0 Å². The van der Waals surface area contributed by atoms with Crippen molar-refractivity contribution in [3.63, 3.8) is 0 Å². The van der Waals surface area contributed by atoms with Crippen LogP contribution >= 0.6 is 0 Å². The van der Waals surface area contributed by atoms with E-state index in [0.717, 1.165) is 24.3 Å². The molecule has 0 aliphatic carbocycles. The van der Waals surface area contributed by atoms with Gasteiger partial charge in [-0.25, -0.2) is 4.79 Å². The molecule has 4 heteroatoms. The van der Waals surface area contributed by atoms with Crippen molar-refractivity contribution in [2.75, 3.05) is 4.90 Å². The van der Waals surface area contributed by atoms with Gasteiger partial charge < -0.3 is 10.0 Å². The molecular formula is C24H22N2O2. The number of rotatable bonds is 4. The van der Waals surface area contributed by atoms with Crippen LogP contribution in [-0.4, -0.2) is 17.3 Å². The Morgan fingerprint density at radius 3 is 2.04 bits per heavy atom. The molecule has 1 N–H and O–H groups in total. The number of nitrogens with zero attached hydrogens (tertiary/aromatic N) is 2. The Labute approximate surface area is 164 Å². The van der Waals surface area contributed by atoms with Crippen LogP contribution in [0.15, 0.2) is 65.7 Å². The molecule has 0 bridgehead atoms. The van der Waals surface area contributed by atoms with E-state index in [1.54, 1.807) is 30.5 Å². The second-order valence-electron chi connectivity index (χ2n) is 7.26. The summed E-state index contributed by atoms with van der Waals surface area (Å²) >= 11 is 0. The van der Waals surface area contributed by atoms with E-state index in [0.29, 0.717) is 0 Å². The molecule has 3 aromatic rings. The van der Waals surface area contributed by atoms with Gasteiger partial charge in [0.15, 0.2) is 0 Å². The summed E-state index contributed by atoms with van der Waals surface area (Å²) in [4.78, 5) is 17.8. The van der Waals surface area contributed by atoms with Gasteiger partial charge in [-0.15, -0.1) is 0 Å². The molecule has 0 radical (unpaired) electrons. The monoisotopic (exact) mass is 370 g/mol. The summed E-state index contributed by atoms with van der Waals surface area (Å²) in [6, 6.07) is 19.5. The number of anilines is 1. The quantitative estimate of drug-likeness (QED) is 0.636. The Kier molecular flexibility index (Phi) is 4.70. The van der Waals surface area contributed by atoms with Gasteiger partial charge in [-0.1, -0.05) is 24.3 Å². The number of hydrogen-bond acceptors (Lipinski definition) is 3. The highest BCUT2D eigenvalue weighted by atomic mass is 16.4. The highest BCUT2D eigenvalue weighted by molar-refractivity contribution is 5.89. The summed E-state index contributed by atoms with van der Waals surface area (Å²) in [6.07, 6.45) is 1.75. The van der Waals surface area contributed by atoms with Gasteiger partial charge in [0.2, 0.25) is 0 Å². The molecule has 1 heterocycles. The van der Waals surface area contributed by atoms with Gasteiger partial charge in [0.1, 0.15) is 0 Å². The average molecular weight is 370 g/mol. The molecule has 0 saturated carbocycles. The summed E-state index contributed by atoms with van der Waals surface area (Å²) in [5.74, 6) is -0.923. The average Bonchev–Trinajstić information content (AvgIpc) is 3.10. The summed E-state index contributed by atoms with van der Waals surface area (Å²) < 4.78 is 0. The fourth-order valence-electron chi connectivity index (χ4n) is 3.49. The van der Waals surface area contributed by atoms with Crippen LogP contribution in [0, 0.1) is 13.8 Å². The number of aliphatic imine (C=N–C) groups is 1. The number of aryl methyl sites for hydroxylation is 2. The van der Waals surface area contributed by atoms with Gasteiger partial charge in [-0.05, 0) is 78.1 Å². The van der Waals surface area contributed by atoms with Crippen LogP contribution in [0.5, 0.6) is 0 Å². The Morgan fingerprint density at radius 1 is 0.929 bits per heavy atom. The van der Waals surface area contributed by atoms with Crippen LogP contribution in [-0.2, 0) is 13.1 Å². The van der Waals surface area contributed by atoms with Crippen molar-refractivity contribution in [1.29, 1.82) is 0 Å². The van der Waals surface area contributed by atoms with Crippen molar-refractivity contribution in [2.24, 2.45) is 4.99 Å². The molecule has 0 spiro atoms. The lowest BCUT2D eigenvalue weighted by Gasteiger charge is -2.17. The topological polar surface area (TPSA) is 52.9 Å². The molecule has 1 aliphatic heterocycles. The van der Waals surface area contributed by atoms with Crippen LogP contribution < -0.4 is 4.90 Å². The number of carboxylic acids is 1. The largest absolute Gasteiger partial charge is 0.478 e. The maximum Gasteiger partial charge on any atom is 0.335 e. The standard InChI is InChI=1S/C24H22N2O2/c1-16-11-20-14-26(15-21(20)12-17(16)2)23-9-7-22(8-10-23)25-13-18-3-5-19(6-4-18)24(27)28/h3-13H,14-15H2,1-2H3,(H,27,28). The lowest BCUT2D eigenvalue weighted by Crippen LogP contribution is -2.13. The van der Waals surface area contributed by atoms with Crippen LogP contribution in [0.2, 0.25) is 0 Å². The summed E-state index contributed by atoms with van der Waals surface area (Å²) in [7, 11) is 0. The van der Waals surface area contributed by atoms with Crippen molar-refractivity contribution in [3.8, 4) is 0 Å². The number of carbonyl (C=O) groups is 1. The van der Waals surface area contributed by atoms with E-state index in [4.69, 9.17) is 5.11 Å². The fraction of sp³-hybridized carbons (Fsp3) is 0.167. The van der Waals surface area contributed by atoms with Crippen LogP contribution in [0.25, 0.3) is 0 Å². The van der Waals surface area contributed by atoms with E-state index in [1.807, 2.05) is 12.1 Å². The minimum absolute atomic E-state index is 0.276. The number of fused-ring (bicyclic) bond motifs is 1. The maximum absolute atomic E-state index is 10.9. The smallest absolute Gasteiger partial charge is 0.335 e. The minimum Gasteiger partial charge on any atom is -0.478 e. The van der Waals surface area contributed by atoms with Crippen molar-refractivity contribution < 1.29 is 9.90 Å². The minimum atomic E-state index is -0.923. The van der Waals surface area contributed by atoms with Crippen LogP contribution in [0.4, 0.5) is 11.4 Å². The van der Waals surface area contributed by atoms with E-state index in [2.05, 4.69) is 48.0 Å². The molecule has 140 valence electrons. The summed E-state index contributed by atoms with van der Waals surface area (Å²) in [5, 5.41) is 8.95. The molecule has 28 heavy (non-hydrogen) atoms. The molecule has 4 rings (SSSR count). The molecule has 0 amide bonds. The first-order valence-corrected chi connectivity index (χ1v) is 9.31. The van der Waals surface area contributed by atoms with Gasteiger partial charge in [0.25, 0.3) is 0 Å². The maximum atomic E-state index is 10.9. The third-order valence-corrected chi connectivity index (χ3v) is 5.27. The van der Waals surface area contributed by atoms with E-state index in [9.17, 15) is 4.79 Å². The number of hydrogen-bond donors (Lipinski definition) is 1. The van der Waals surface area contributed by atoms with Gasteiger partial charge in [-0.2, -0.15) is 0 Å². The van der Waals surface area contributed by atoms with E-state index in [-0.39, 0.29) is 5.56 Å². The normalized spacial score (nSPS) is 13.1. The molecule has 0 saturated heterocycles. The second kappa shape index (κ2) is 7.31. The highest BCUT2D eigenvalue weighted by Crippen LogP contribution is 2.31. The molecule has 3 aromatic carbocycles. The zero-order chi connectivity index (χ0) is 19.7. The Balaban J connectivity index is 1.45. The van der Waals surface area contributed by atoms with Gasteiger partial charge >= 0.3 is 5.97 Å². The van der Waals surface area contributed by atoms with E-state index >= 15 is 0 Å². The Morgan fingerprint density at radius 2 is 1.50 bits per heavy atom. The summed E-state index contributed by atoms with van der Waals surface area (Å²) in [6.45, 7) is 6.21. The fourth-order valence-corrected chi connectivity index (χ4v) is 3.49. The van der Waals surface area contributed by atoms with Crippen molar-refractivity contribution in [3.05, 3.63) is 94.0 Å². The molecular weight excluding hydrogens is 348 g/mol. The van der Waals surface area contributed by atoms with Gasteiger partial charge in [-0.3, -0.25) is 4.99 Å². The first-order chi connectivity index (χ1) is 13.5. The third-order valence-electron chi connectivity index (χ3n) is 5.27. The molecule has 1 aliphatic rings. The predicted molar refractivity (Wildman–Crippen MR) is 113 cm³/mol. The second-order valence-corrected chi connectivity index (χ2v) is 7.26. The molecule has 0 fully saturated rings. The first-order valence-electron chi connectivity index (χ1n) is 9.31. The van der Waals surface area contributed by atoms with E-state index < -0.39 is 5.97 Å². The molecule has 4 nitrogen and oxygen atoms in total. The van der Waals surface area contributed by atoms with Crippen LogP contribution in [0.3, 0.4) is 0 Å². The number of carboxylic acid groups (broad SMARTS) is 1. The molecule has 0 unspecified atom stereocenters. The molecule has 0 atom stereocenters. The van der Waals surface area contributed by atoms with E-state index in [1.165, 1.54) is 27.9 Å². The molecule has 0 aromatic heterocycles. The zero-order valence-electron chi connectivity index (χ0n) is 16.0. The zero-order valence-corrected chi connectivity index (χ0v) is 16.0. The lowest BCUT2D eigenvalue weighted by atomic mass is 10.0. The first kappa shape index (κ1) is 18.0.